The number of hydrogen-bond donors (Lipinski definition) is 0. The van der Waals surface area contributed by atoms with Crippen LogP contribution in [0.4, 0.5) is 0 Å². The first kappa shape index (κ1) is 29.9. The number of hydrogen-bond acceptors (Lipinski definition) is 3. The fourth-order valence-corrected chi connectivity index (χ4v) is 2.65. The Hall–Kier alpha value is -0.304. The van der Waals surface area contributed by atoms with Gasteiger partial charge in [0, 0.05) is 30.9 Å². The molecule has 0 amide bonds. The SMILES string of the molecule is CCC(C)c1cc[n+](C(CC)C(=O)[O-])cc1.CCC(C)c1ccncc1.[Cl-].[K+]. The van der Waals surface area contributed by atoms with Gasteiger partial charge in [0.1, 0.15) is 5.97 Å². The molecule has 0 radical (unpaired) electrons. The summed E-state index contributed by atoms with van der Waals surface area (Å²) in [6, 6.07) is 7.56. The third-order valence-electron chi connectivity index (χ3n) is 4.97. The third kappa shape index (κ3) is 9.95. The fraction of sp³-hybridized carbons (Fsp3) is 0.500. The van der Waals surface area contributed by atoms with Crippen LogP contribution in [0.1, 0.15) is 82.9 Å². The Morgan fingerprint density at radius 2 is 1.36 bits per heavy atom. The number of pyridine rings is 2. The van der Waals surface area contributed by atoms with Crippen molar-refractivity contribution in [3.8, 4) is 0 Å². The summed E-state index contributed by atoms with van der Waals surface area (Å²) in [7, 11) is 0. The number of carbonyl (C=O) groups excluding carboxylic acids is 1. The van der Waals surface area contributed by atoms with Gasteiger partial charge in [-0.05, 0) is 47.9 Å². The summed E-state index contributed by atoms with van der Waals surface area (Å²) < 4.78 is 1.70. The number of carbonyl (C=O) groups is 1. The van der Waals surface area contributed by atoms with E-state index in [1.807, 2.05) is 43.8 Å². The van der Waals surface area contributed by atoms with Crippen molar-refractivity contribution >= 4 is 5.97 Å². The number of aliphatic carboxylic acids is 1. The van der Waals surface area contributed by atoms with Crippen molar-refractivity contribution in [2.45, 2.75) is 71.8 Å². The molecule has 3 atom stereocenters. The van der Waals surface area contributed by atoms with Crippen LogP contribution in [0.2, 0.25) is 0 Å². The van der Waals surface area contributed by atoms with Gasteiger partial charge < -0.3 is 22.3 Å². The van der Waals surface area contributed by atoms with Crippen molar-refractivity contribution in [2.75, 3.05) is 0 Å². The fourth-order valence-electron chi connectivity index (χ4n) is 2.65. The van der Waals surface area contributed by atoms with Crippen molar-refractivity contribution in [2.24, 2.45) is 0 Å². The topological polar surface area (TPSA) is 56.9 Å². The van der Waals surface area contributed by atoms with Gasteiger partial charge in [-0.3, -0.25) is 4.98 Å². The summed E-state index contributed by atoms with van der Waals surface area (Å²) in [6.07, 6.45) is 10.2. The van der Waals surface area contributed by atoms with Gasteiger partial charge in [0.15, 0.2) is 18.4 Å². The van der Waals surface area contributed by atoms with E-state index in [2.05, 4.69) is 44.8 Å². The molecule has 2 aromatic heterocycles. The van der Waals surface area contributed by atoms with Crippen LogP contribution in [0, 0.1) is 0 Å². The molecule has 2 heterocycles. The van der Waals surface area contributed by atoms with Gasteiger partial charge in [-0.2, -0.15) is 4.57 Å². The van der Waals surface area contributed by atoms with Gasteiger partial charge >= 0.3 is 51.4 Å². The molecule has 6 heteroatoms. The molecule has 28 heavy (non-hydrogen) atoms. The van der Waals surface area contributed by atoms with Crippen LogP contribution in [0.25, 0.3) is 0 Å². The minimum Gasteiger partial charge on any atom is -1.00 e. The average Bonchev–Trinajstić information content (AvgIpc) is 2.68. The van der Waals surface area contributed by atoms with E-state index in [-0.39, 0.29) is 63.8 Å². The van der Waals surface area contributed by atoms with E-state index in [0.29, 0.717) is 18.3 Å². The Morgan fingerprint density at radius 1 is 0.929 bits per heavy atom. The second kappa shape index (κ2) is 16.5. The number of halogens is 1. The van der Waals surface area contributed by atoms with Crippen LogP contribution in [-0.4, -0.2) is 11.0 Å². The summed E-state index contributed by atoms with van der Waals surface area (Å²) in [6.45, 7) is 10.6. The second-order valence-corrected chi connectivity index (χ2v) is 6.72. The predicted molar refractivity (Wildman–Crippen MR) is 103 cm³/mol. The Morgan fingerprint density at radius 3 is 1.71 bits per heavy atom. The van der Waals surface area contributed by atoms with E-state index in [1.54, 1.807) is 4.57 Å². The molecule has 2 aromatic rings. The monoisotopic (exact) mass is 430 g/mol. The van der Waals surface area contributed by atoms with Crippen LogP contribution in [0.3, 0.4) is 0 Å². The van der Waals surface area contributed by atoms with Crippen LogP contribution in [0.5, 0.6) is 0 Å². The van der Waals surface area contributed by atoms with Gasteiger partial charge in [-0.1, -0.05) is 34.6 Å². The van der Waals surface area contributed by atoms with Crippen LogP contribution in [-0.2, 0) is 4.79 Å². The van der Waals surface area contributed by atoms with E-state index >= 15 is 0 Å². The predicted octanol–water partition coefficient (Wildman–Crippen LogP) is -2.21. The Balaban J connectivity index is 0. The first-order valence-corrected chi connectivity index (χ1v) is 9.55. The standard InChI is InChI=1S/C13H19NO2.C9H13N.ClH.K/c1-4-10(3)11-6-8-14(9-7-11)12(5-2)13(15)16;1-3-8(2)9-4-6-10-7-5-9;;/h6-10,12H,4-5H2,1-3H3;4-8H,3H2,1-2H3;1H;/q;;;+1/p-1. The molecular formula is C22H32ClKN2O2. The van der Waals surface area contributed by atoms with Gasteiger partial charge in [-0.25, -0.2) is 0 Å². The molecule has 150 valence electrons. The Kier molecular flexibility index (Phi) is 17.6. The number of aromatic nitrogens is 2. The molecule has 2 rings (SSSR count). The van der Waals surface area contributed by atoms with Crippen molar-refractivity contribution < 1.29 is 78.3 Å². The first-order valence-electron chi connectivity index (χ1n) is 9.55. The molecule has 0 aliphatic rings. The van der Waals surface area contributed by atoms with Gasteiger partial charge in [-0.15, -0.1) is 0 Å². The maximum Gasteiger partial charge on any atom is 1.00 e. The zero-order chi connectivity index (χ0) is 19.5. The van der Waals surface area contributed by atoms with Crippen LogP contribution < -0.4 is 73.5 Å². The van der Waals surface area contributed by atoms with E-state index < -0.39 is 12.0 Å². The molecule has 0 saturated heterocycles. The molecule has 3 unspecified atom stereocenters. The number of rotatable bonds is 7. The quantitative estimate of drug-likeness (QED) is 0.370. The van der Waals surface area contributed by atoms with Gasteiger partial charge in [0.25, 0.3) is 0 Å². The first-order chi connectivity index (χ1) is 12.4. The average molecular weight is 431 g/mol. The zero-order valence-electron chi connectivity index (χ0n) is 18.1. The second-order valence-electron chi connectivity index (χ2n) is 6.72. The maximum atomic E-state index is 10.9. The normalized spacial score (nSPS) is 12.9. The van der Waals surface area contributed by atoms with Crippen molar-refractivity contribution in [3.63, 3.8) is 0 Å². The van der Waals surface area contributed by atoms with Gasteiger partial charge in [0.05, 0.1) is 0 Å². The molecule has 4 nitrogen and oxygen atoms in total. The maximum absolute atomic E-state index is 10.9. The number of carboxylic acids is 1. The van der Waals surface area contributed by atoms with E-state index in [0.717, 1.165) is 6.42 Å². The van der Waals surface area contributed by atoms with E-state index in [9.17, 15) is 9.90 Å². The molecule has 0 spiro atoms. The Labute approximate surface area is 219 Å². The minimum atomic E-state index is -1.02. The Bertz CT molecular complexity index is 653. The molecule has 0 aliphatic heterocycles. The van der Waals surface area contributed by atoms with E-state index in [4.69, 9.17) is 0 Å². The number of carboxylic acid groups (broad SMARTS) is 1. The zero-order valence-corrected chi connectivity index (χ0v) is 21.9. The van der Waals surface area contributed by atoms with Crippen LogP contribution >= 0.6 is 0 Å². The molecular weight excluding hydrogens is 399 g/mol. The molecule has 0 fully saturated rings. The van der Waals surface area contributed by atoms with Crippen LogP contribution in [0.15, 0.2) is 49.1 Å². The molecule has 0 aliphatic carbocycles. The molecule has 0 bridgehead atoms. The summed E-state index contributed by atoms with van der Waals surface area (Å²) in [5, 5.41) is 10.9. The third-order valence-corrected chi connectivity index (χ3v) is 4.97. The number of nitrogens with zero attached hydrogens (tertiary/aromatic N) is 2. The molecule has 0 N–H and O–H groups in total. The minimum absolute atomic E-state index is 0. The summed E-state index contributed by atoms with van der Waals surface area (Å²) in [5.41, 5.74) is 2.63. The van der Waals surface area contributed by atoms with E-state index in [1.165, 1.54) is 17.5 Å². The van der Waals surface area contributed by atoms with Gasteiger partial charge in [0.2, 0.25) is 0 Å². The van der Waals surface area contributed by atoms with Crippen molar-refractivity contribution in [1.29, 1.82) is 0 Å². The summed E-state index contributed by atoms with van der Waals surface area (Å²) in [4.78, 5) is 14.8. The smallest absolute Gasteiger partial charge is 1.00 e. The summed E-state index contributed by atoms with van der Waals surface area (Å²) >= 11 is 0. The molecule has 0 aromatic carbocycles. The largest absolute Gasteiger partial charge is 1.00 e. The van der Waals surface area contributed by atoms with Crippen molar-refractivity contribution in [3.05, 3.63) is 60.2 Å². The van der Waals surface area contributed by atoms with Crippen molar-refractivity contribution in [1.82, 2.24) is 4.98 Å². The summed E-state index contributed by atoms with van der Waals surface area (Å²) in [5.74, 6) is 0.157. The molecule has 0 saturated carbocycles.